The van der Waals surface area contributed by atoms with E-state index >= 15 is 0 Å². The van der Waals surface area contributed by atoms with Crippen LogP contribution in [0.3, 0.4) is 0 Å². The average molecular weight is 312 g/mol. The summed E-state index contributed by atoms with van der Waals surface area (Å²) in [5.74, 6) is 0. The molecular formula is C18H25BN2O2. The third-order valence-electron chi connectivity index (χ3n) is 4.66. The summed E-state index contributed by atoms with van der Waals surface area (Å²) >= 11 is 0. The third-order valence-corrected chi connectivity index (χ3v) is 4.66. The van der Waals surface area contributed by atoms with Gasteiger partial charge in [0, 0.05) is 6.54 Å². The van der Waals surface area contributed by atoms with Crippen LogP contribution in [0.4, 0.5) is 0 Å². The fourth-order valence-corrected chi connectivity index (χ4v) is 2.52. The van der Waals surface area contributed by atoms with Gasteiger partial charge in [-0.05, 0) is 64.3 Å². The van der Waals surface area contributed by atoms with Crippen LogP contribution in [-0.2, 0) is 9.31 Å². The molecule has 1 aromatic carbocycles. The highest BCUT2D eigenvalue weighted by Crippen LogP contribution is 2.38. The molecule has 1 saturated heterocycles. The van der Waals surface area contributed by atoms with Gasteiger partial charge in [0.2, 0.25) is 0 Å². The fourth-order valence-electron chi connectivity index (χ4n) is 2.52. The van der Waals surface area contributed by atoms with Crippen molar-refractivity contribution in [3.63, 3.8) is 0 Å². The molecule has 0 unspecified atom stereocenters. The Labute approximate surface area is 139 Å². The molecule has 23 heavy (non-hydrogen) atoms. The first-order valence-corrected chi connectivity index (χ1v) is 7.91. The third kappa shape index (κ3) is 3.66. The second-order valence-corrected chi connectivity index (χ2v) is 7.02. The lowest BCUT2D eigenvalue weighted by atomic mass is 9.77. The zero-order valence-electron chi connectivity index (χ0n) is 14.9. The maximum Gasteiger partial charge on any atom is 0.491 e. The number of hydrogen-bond acceptors (Lipinski definition) is 4. The molecule has 0 spiro atoms. The van der Waals surface area contributed by atoms with Gasteiger partial charge >= 0.3 is 7.12 Å². The summed E-state index contributed by atoms with van der Waals surface area (Å²) in [6.07, 6.45) is 2.08. The zero-order valence-corrected chi connectivity index (χ0v) is 14.9. The largest absolute Gasteiger partial charge is 0.491 e. The molecule has 1 heterocycles. The zero-order chi connectivity index (χ0) is 17.3. The monoisotopic (exact) mass is 312 g/mol. The van der Waals surface area contributed by atoms with Crippen molar-refractivity contribution < 1.29 is 9.31 Å². The van der Waals surface area contributed by atoms with Gasteiger partial charge < -0.3 is 14.6 Å². The van der Waals surface area contributed by atoms with E-state index in [1.54, 1.807) is 0 Å². The lowest BCUT2D eigenvalue weighted by Crippen LogP contribution is -2.41. The van der Waals surface area contributed by atoms with E-state index in [0.29, 0.717) is 12.1 Å². The lowest BCUT2D eigenvalue weighted by molar-refractivity contribution is 0.00578. The van der Waals surface area contributed by atoms with Crippen LogP contribution in [0.5, 0.6) is 0 Å². The average Bonchev–Trinajstić information content (AvgIpc) is 2.67. The molecule has 1 aliphatic rings. The van der Waals surface area contributed by atoms with Crippen molar-refractivity contribution in [3.05, 3.63) is 40.4 Å². The summed E-state index contributed by atoms with van der Waals surface area (Å²) in [6.45, 7) is 10.8. The van der Waals surface area contributed by atoms with Crippen LogP contribution in [0.2, 0.25) is 0 Å². The molecule has 0 atom stereocenters. The second kappa shape index (κ2) is 6.49. The second-order valence-electron chi connectivity index (χ2n) is 7.02. The molecule has 0 radical (unpaired) electrons. The number of nitriles is 1. The number of rotatable bonds is 4. The first-order chi connectivity index (χ1) is 10.7. The van der Waals surface area contributed by atoms with Crippen LogP contribution in [0, 0.1) is 18.3 Å². The molecule has 1 fully saturated rings. The summed E-state index contributed by atoms with van der Waals surface area (Å²) in [5.41, 5.74) is 3.04. The molecule has 1 aromatic rings. The molecule has 0 bridgehead atoms. The summed E-state index contributed by atoms with van der Waals surface area (Å²) < 4.78 is 12.3. The first-order valence-electron chi connectivity index (χ1n) is 7.91. The number of aryl methyl sites for hydroxylation is 1. The predicted molar refractivity (Wildman–Crippen MR) is 93.9 cm³/mol. The fraction of sp³-hybridized carbons (Fsp3) is 0.500. The summed E-state index contributed by atoms with van der Waals surface area (Å²) in [7, 11) is 1.53. The molecule has 122 valence electrons. The van der Waals surface area contributed by atoms with Gasteiger partial charge in [-0.3, -0.25) is 0 Å². The van der Waals surface area contributed by atoms with Crippen molar-refractivity contribution in [3.8, 4) is 6.07 Å². The van der Waals surface area contributed by atoms with Crippen molar-refractivity contribution in [1.82, 2.24) is 5.32 Å². The van der Waals surface area contributed by atoms with Crippen molar-refractivity contribution in [2.75, 3.05) is 13.6 Å². The standard InChI is InChI=1S/C18H25BN2O2/c1-13-9-14(7-8-15(13)11-20)10-16(12-21-6)19-22-17(2,3)18(4,5)23-19/h7-10,21H,12H2,1-6H3. The minimum Gasteiger partial charge on any atom is -0.400 e. The van der Waals surface area contributed by atoms with Gasteiger partial charge in [-0.2, -0.15) is 5.26 Å². The molecule has 0 saturated carbocycles. The highest BCUT2D eigenvalue weighted by Gasteiger charge is 2.52. The topological polar surface area (TPSA) is 54.3 Å². The quantitative estimate of drug-likeness (QED) is 0.868. The van der Waals surface area contributed by atoms with E-state index in [9.17, 15) is 0 Å². The Hall–Kier alpha value is -1.61. The summed E-state index contributed by atoms with van der Waals surface area (Å²) in [5, 5.41) is 12.2. The van der Waals surface area contributed by atoms with E-state index in [4.69, 9.17) is 14.6 Å². The van der Waals surface area contributed by atoms with Gasteiger partial charge in [0.1, 0.15) is 0 Å². The van der Waals surface area contributed by atoms with Gasteiger partial charge in [0.05, 0.1) is 22.8 Å². The Bertz CT molecular complexity index is 643. The molecule has 0 amide bonds. The molecule has 0 aromatic heterocycles. The van der Waals surface area contributed by atoms with Crippen LogP contribution < -0.4 is 5.32 Å². The van der Waals surface area contributed by atoms with Gasteiger partial charge in [-0.15, -0.1) is 0 Å². The SMILES string of the molecule is CNCC(=Cc1ccc(C#N)c(C)c1)B1OC(C)(C)C(C)(C)O1. The number of benzene rings is 1. The van der Waals surface area contributed by atoms with E-state index in [0.717, 1.165) is 16.6 Å². The molecular weight excluding hydrogens is 287 g/mol. The molecule has 1 N–H and O–H groups in total. The maximum atomic E-state index is 9.05. The van der Waals surface area contributed by atoms with Crippen LogP contribution in [0.15, 0.2) is 23.7 Å². The van der Waals surface area contributed by atoms with E-state index in [-0.39, 0.29) is 18.3 Å². The smallest absolute Gasteiger partial charge is 0.400 e. The van der Waals surface area contributed by atoms with Crippen molar-refractivity contribution in [2.45, 2.75) is 45.8 Å². The predicted octanol–water partition coefficient (Wildman–Crippen LogP) is 3.10. The first kappa shape index (κ1) is 17.7. The Morgan fingerprint density at radius 2 is 1.87 bits per heavy atom. The Morgan fingerprint density at radius 1 is 1.26 bits per heavy atom. The molecule has 2 rings (SSSR count). The maximum absolute atomic E-state index is 9.05. The van der Waals surface area contributed by atoms with E-state index in [2.05, 4.69) is 45.2 Å². The van der Waals surface area contributed by atoms with Crippen LogP contribution >= 0.6 is 0 Å². The van der Waals surface area contributed by atoms with Gasteiger partial charge in [0.25, 0.3) is 0 Å². The number of hydrogen-bond donors (Lipinski definition) is 1. The van der Waals surface area contributed by atoms with Gasteiger partial charge in [0.15, 0.2) is 0 Å². The highest BCUT2D eigenvalue weighted by molar-refractivity contribution is 6.55. The van der Waals surface area contributed by atoms with Crippen molar-refractivity contribution >= 4 is 13.2 Å². The van der Waals surface area contributed by atoms with Gasteiger partial charge in [-0.1, -0.05) is 18.2 Å². The Balaban J connectivity index is 2.32. The Kier molecular flexibility index (Phi) is 5.00. The van der Waals surface area contributed by atoms with E-state index in [1.807, 2.05) is 32.2 Å². The summed E-state index contributed by atoms with van der Waals surface area (Å²) in [4.78, 5) is 0. The van der Waals surface area contributed by atoms with E-state index in [1.165, 1.54) is 0 Å². The van der Waals surface area contributed by atoms with Crippen LogP contribution in [0.1, 0.15) is 44.4 Å². The highest BCUT2D eigenvalue weighted by atomic mass is 16.7. The van der Waals surface area contributed by atoms with Gasteiger partial charge in [-0.25, -0.2) is 0 Å². The molecule has 1 aliphatic heterocycles. The summed E-state index contributed by atoms with van der Waals surface area (Å²) in [6, 6.07) is 8.01. The number of likely N-dealkylation sites (N-methyl/N-ethyl adjacent to an activating group) is 1. The molecule has 5 heteroatoms. The minimum absolute atomic E-state index is 0.356. The normalized spacial score (nSPS) is 19.7. The Morgan fingerprint density at radius 3 is 2.35 bits per heavy atom. The van der Waals surface area contributed by atoms with Crippen LogP contribution in [0.25, 0.3) is 6.08 Å². The number of nitrogens with one attached hydrogen (secondary N) is 1. The van der Waals surface area contributed by atoms with Crippen LogP contribution in [-0.4, -0.2) is 31.9 Å². The minimum atomic E-state index is -0.372. The molecule has 0 aliphatic carbocycles. The van der Waals surface area contributed by atoms with Crippen molar-refractivity contribution in [1.29, 1.82) is 5.26 Å². The molecule has 4 nitrogen and oxygen atoms in total. The van der Waals surface area contributed by atoms with E-state index < -0.39 is 0 Å². The lowest BCUT2D eigenvalue weighted by Gasteiger charge is -2.32. The number of nitrogens with zero attached hydrogens (tertiary/aromatic N) is 1. The van der Waals surface area contributed by atoms with Crippen molar-refractivity contribution in [2.24, 2.45) is 0 Å².